The molecule has 1 aromatic heterocycles. The molecule has 0 atom stereocenters. The molecule has 1 aliphatic rings. The van der Waals surface area contributed by atoms with E-state index in [2.05, 4.69) is 20.2 Å². The quantitative estimate of drug-likeness (QED) is 0.714. The maximum Gasteiger partial charge on any atom is 0.409 e. The van der Waals surface area contributed by atoms with Gasteiger partial charge in [-0.1, -0.05) is 0 Å². The molecule has 0 saturated carbocycles. The summed E-state index contributed by atoms with van der Waals surface area (Å²) >= 11 is 0. The highest BCUT2D eigenvalue weighted by molar-refractivity contribution is 5.93. The number of hydrogen-bond donors (Lipinski definition) is 1. The van der Waals surface area contributed by atoms with Gasteiger partial charge in [0.15, 0.2) is 0 Å². The zero-order valence-corrected chi connectivity index (χ0v) is 15.8. The van der Waals surface area contributed by atoms with Gasteiger partial charge in [0.05, 0.1) is 6.61 Å². The molecule has 1 aliphatic heterocycles. The second-order valence-electron chi connectivity index (χ2n) is 6.35. The molecule has 1 aromatic rings. The topological polar surface area (TPSA) is 90.9 Å². The van der Waals surface area contributed by atoms with Crippen LogP contribution in [-0.4, -0.2) is 96.6 Å². The molecule has 1 N–H and O–H groups in total. The third kappa shape index (κ3) is 5.83. The molecule has 0 unspecified atom stereocenters. The van der Waals surface area contributed by atoms with Crippen LogP contribution in [0.25, 0.3) is 0 Å². The summed E-state index contributed by atoms with van der Waals surface area (Å²) in [4.78, 5) is 38.1. The first-order valence-electron chi connectivity index (χ1n) is 8.93. The number of anilines is 1. The third-order valence-corrected chi connectivity index (χ3v) is 4.07. The Bertz CT molecular complexity index is 602. The second-order valence-corrected chi connectivity index (χ2v) is 6.35. The van der Waals surface area contributed by atoms with E-state index in [4.69, 9.17) is 4.74 Å². The molecular formula is C17H28N6O3. The van der Waals surface area contributed by atoms with E-state index in [1.807, 2.05) is 14.1 Å². The summed E-state index contributed by atoms with van der Waals surface area (Å²) in [7, 11) is 4.06. The van der Waals surface area contributed by atoms with Gasteiger partial charge in [-0.2, -0.15) is 0 Å². The Kier molecular flexibility index (Phi) is 7.58. The number of nitrogens with one attached hydrogen (secondary N) is 1. The van der Waals surface area contributed by atoms with Crippen molar-refractivity contribution in [2.75, 3.05) is 65.3 Å². The number of carbonyl (C=O) groups excluding carboxylic acids is 2. The number of piperazine rings is 1. The Hall–Kier alpha value is -2.42. The highest BCUT2D eigenvalue weighted by atomic mass is 16.6. The Labute approximate surface area is 154 Å². The fourth-order valence-corrected chi connectivity index (χ4v) is 2.65. The van der Waals surface area contributed by atoms with Gasteiger partial charge >= 0.3 is 6.09 Å². The van der Waals surface area contributed by atoms with Crippen LogP contribution in [0.2, 0.25) is 0 Å². The molecule has 1 saturated heterocycles. The minimum atomic E-state index is -0.328. The zero-order valence-electron chi connectivity index (χ0n) is 15.8. The normalized spacial score (nSPS) is 14.5. The van der Waals surface area contributed by atoms with Crippen molar-refractivity contribution in [1.82, 2.24) is 24.7 Å². The van der Waals surface area contributed by atoms with Crippen molar-refractivity contribution in [3.05, 3.63) is 18.1 Å². The molecule has 0 aromatic carbocycles. The van der Waals surface area contributed by atoms with Crippen LogP contribution in [0.5, 0.6) is 0 Å². The van der Waals surface area contributed by atoms with Crippen molar-refractivity contribution in [2.45, 2.75) is 13.3 Å². The molecule has 0 bridgehead atoms. The fraction of sp³-hybridized carbons (Fsp3) is 0.647. The van der Waals surface area contributed by atoms with Gasteiger partial charge in [0, 0.05) is 38.8 Å². The van der Waals surface area contributed by atoms with E-state index in [1.165, 1.54) is 6.33 Å². The Morgan fingerprint density at radius 2 is 1.88 bits per heavy atom. The number of ether oxygens (including phenoxy) is 1. The van der Waals surface area contributed by atoms with E-state index in [0.717, 1.165) is 19.5 Å². The SMILES string of the molecule is CCOC(=O)N1CCN(C(=O)c2cc(NCCCN(C)C)ncn2)CC1. The molecule has 2 heterocycles. The van der Waals surface area contributed by atoms with Gasteiger partial charge in [0.25, 0.3) is 5.91 Å². The van der Waals surface area contributed by atoms with Crippen LogP contribution in [0, 0.1) is 0 Å². The van der Waals surface area contributed by atoms with E-state index < -0.39 is 0 Å². The van der Waals surface area contributed by atoms with E-state index in [0.29, 0.717) is 44.3 Å². The Morgan fingerprint density at radius 1 is 1.19 bits per heavy atom. The smallest absolute Gasteiger partial charge is 0.409 e. The zero-order chi connectivity index (χ0) is 18.9. The van der Waals surface area contributed by atoms with Crippen molar-refractivity contribution in [3.8, 4) is 0 Å². The number of amides is 2. The first-order chi connectivity index (χ1) is 12.5. The number of rotatable bonds is 7. The molecule has 2 amide bonds. The lowest BCUT2D eigenvalue weighted by molar-refractivity contribution is 0.0566. The fourth-order valence-electron chi connectivity index (χ4n) is 2.65. The monoisotopic (exact) mass is 364 g/mol. The summed E-state index contributed by atoms with van der Waals surface area (Å²) in [5.74, 6) is 0.500. The molecular weight excluding hydrogens is 336 g/mol. The lowest BCUT2D eigenvalue weighted by Crippen LogP contribution is -2.50. The summed E-state index contributed by atoms with van der Waals surface area (Å²) < 4.78 is 4.99. The average molecular weight is 364 g/mol. The first kappa shape index (κ1) is 19.9. The Balaban J connectivity index is 1.86. The van der Waals surface area contributed by atoms with Gasteiger partial charge in [-0.25, -0.2) is 14.8 Å². The minimum absolute atomic E-state index is 0.146. The lowest BCUT2D eigenvalue weighted by atomic mass is 10.2. The first-order valence-corrected chi connectivity index (χ1v) is 8.93. The number of nitrogens with zero attached hydrogens (tertiary/aromatic N) is 5. The van der Waals surface area contributed by atoms with Crippen LogP contribution in [0.15, 0.2) is 12.4 Å². The minimum Gasteiger partial charge on any atom is -0.450 e. The van der Waals surface area contributed by atoms with Crippen molar-refractivity contribution in [1.29, 1.82) is 0 Å². The number of aromatic nitrogens is 2. The van der Waals surface area contributed by atoms with Crippen LogP contribution < -0.4 is 5.32 Å². The Morgan fingerprint density at radius 3 is 2.54 bits per heavy atom. The standard InChI is InChI=1S/C17H28N6O3/c1-4-26-17(25)23-10-8-22(9-11-23)16(24)14-12-15(20-13-19-14)18-6-5-7-21(2)3/h12-13H,4-11H2,1-3H3,(H,18,19,20). The van der Waals surface area contributed by atoms with E-state index in [9.17, 15) is 9.59 Å². The summed E-state index contributed by atoms with van der Waals surface area (Å²) in [6.45, 7) is 5.74. The molecule has 9 heteroatoms. The predicted molar refractivity (Wildman–Crippen MR) is 98.2 cm³/mol. The molecule has 0 aliphatic carbocycles. The number of carbonyl (C=O) groups is 2. The summed E-state index contributed by atoms with van der Waals surface area (Å²) in [6, 6.07) is 1.68. The molecule has 0 spiro atoms. The van der Waals surface area contributed by atoms with Crippen LogP contribution >= 0.6 is 0 Å². The largest absolute Gasteiger partial charge is 0.450 e. The van der Waals surface area contributed by atoms with E-state index in [1.54, 1.807) is 22.8 Å². The van der Waals surface area contributed by atoms with Crippen LogP contribution in [0.3, 0.4) is 0 Å². The van der Waals surface area contributed by atoms with Gasteiger partial charge in [-0.05, 0) is 34.0 Å². The van der Waals surface area contributed by atoms with E-state index in [-0.39, 0.29) is 12.0 Å². The van der Waals surface area contributed by atoms with Crippen molar-refractivity contribution in [3.63, 3.8) is 0 Å². The highest BCUT2D eigenvalue weighted by Crippen LogP contribution is 2.10. The molecule has 0 radical (unpaired) electrons. The van der Waals surface area contributed by atoms with Crippen LogP contribution in [0.4, 0.5) is 10.6 Å². The maximum absolute atomic E-state index is 12.6. The molecule has 26 heavy (non-hydrogen) atoms. The van der Waals surface area contributed by atoms with Gasteiger partial charge < -0.3 is 24.8 Å². The molecule has 2 rings (SSSR count). The maximum atomic E-state index is 12.6. The van der Waals surface area contributed by atoms with Gasteiger partial charge in [0.1, 0.15) is 17.8 Å². The highest BCUT2D eigenvalue weighted by Gasteiger charge is 2.26. The van der Waals surface area contributed by atoms with Gasteiger partial charge in [0.2, 0.25) is 0 Å². The summed E-state index contributed by atoms with van der Waals surface area (Å²) in [5, 5.41) is 3.22. The summed E-state index contributed by atoms with van der Waals surface area (Å²) in [6.07, 6.45) is 2.05. The van der Waals surface area contributed by atoms with Crippen molar-refractivity contribution in [2.24, 2.45) is 0 Å². The third-order valence-electron chi connectivity index (χ3n) is 4.07. The molecule has 9 nitrogen and oxygen atoms in total. The van der Waals surface area contributed by atoms with E-state index >= 15 is 0 Å². The molecule has 1 fully saturated rings. The van der Waals surface area contributed by atoms with Crippen LogP contribution in [0.1, 0.15) is 23.8 Å². The second kappa shape index (κ2) is 9.91. The van der Waals surface area contributed by atoms with Crippen LogP contribution in [-0.2, 0) is 4.74 Å². The van der Waals surface area contributed by atoms with Gasteiger partial charge in [-0.15, -0.1) is 0 Å². The van der Waals surface area contributed by atoms with Gasteiger partial charge in [-0.3, -0.25) is 4.79 Å². The molecule has 144 valence electrons. The number of hydrogen-bond acceptors (Lipinski definition) is 7. The predicted octanol–water partition coefficient (Wildman–Crippen LogP) is 0.755. The average Bonchev–Trinajstić information content (AvgIpc) is 2.65. The van der Waals surface area contributed by atoms with Crippen molar-refractivity contribution >= 4 is 17.8 Å². The van der Waals surface area contributed by atoms with Crippen molar-refractivity contribution < 1.29 is 14.3 Å². The summed E-state index contributed by atoms with van der Waals surface area (Å²) in [5.41, 5.74) is 0.361. The lowest BCUT2D eigenvalue weighted by Gasteiger charge is -2.33.